The highest BCUT2D eigenvalue weighted by Gasteiger charge is 2.23. The molecule has 0 bridgehead atoms. The Morgan fingerprint density at radius 3 is 2.38 bits per heavy atom. The summed E-state index contributed by atoms with van der Waals surface area (Å²) in [6, 6.07) is 6.74. The first-order chi connectivity index (χ1) is 9.99. The van der Waals surface area contributed by atoms with Crippen LogP contribution >= 0.6 is 0 Å². The number of H-pyrrole nitrogens is 2. The third kappa shape index (κ3) is 3.24. The Labute approximate surface area is 117 Å². The minimum Gasteiger partial charge on any atom is -0.479 e. The van der Waals surface area contributed by atoms with Crippen molar-refractivity contribution >= 4 is 11.9 Å². The second-order valence-electron chi connectivity index (χ2n) is 4.14. The van der Waals surface area contributed by atoms with Gasteiger partial charge in [0.2, 0.25) is 0 Å². The number of carbonyl (C=O) groups excluding carboxylic acids is 1. The fourth-order valence-corrected chi connectivity index (χ4v) is 1.72. The topological polar surface area (TPSA) is 132 Å². The maximum absolute atomic E-state index is 11.9. The van der Waals surface area contributed by atoms with E-state index in [-0.39, 0.29) is 5.56 Å². The molecule has 21 heavy (non-hydrogen) atoms. The van der Waals surface area contributed by atoms with Gasteiger partial charge in [-0.3, -0.25) is 14.6 Å². The first-order valence-electron chi connectivity index (χ1n) is 5.89. The predicted octanol–water partition coefficient (Wildman–Crippen LogP) is -0.381. The van der Waals surface area contributed by atoms with Gasteiger partial charge in [-0.2, -0.15) is 0 Å². The highest BCUT2D eigenvalue weighted by Crippen LogP contribution is 2.13. The summed E-state index contributed by atoms with van der Waals surface area (Å²) in [7, 11) is 0. The lowest BCUT2D eigenvalue weighted by Gasteiger charge is -2.14. The molecule has 0 radical (unpaired) electrons. The number of carboxylic acids is 1. The Bertz CT molecular complexity index is 778. The Hall–Kier alpha value is -3.16. The van der Waals surface area contributed by atoms with E-state index in [2.05, 4.69) is 10.3 Å². The molecule has 1 aromatic heterocycles. The molecule has 0 saturated heterocycles. The molecule has 8 heteroatoms. The average Bonchev–Trinajstić information content (AvgIpc) is 2.45. The summed E-state index contributed by atoms with van der Waals surface area (Å²) in [5.41, 5.74) is -1.67. The van der Waals surface area contributed by atoms with Gasteiger partial charge in [0, 0.05) is 6.20 Å². The quantitative estimate of drug-likeness (QED) is 0.609. The molecule has 1 amide bonds. The molecule has 2 aromatic rings. The molecule has 0 saturated carbocycles. The zero-order valence-corrected chi connectivity index (χ0v) is 10.6. The van der Waals surface area contributed by atoms with Gasteiger partial charge in [0.15, 0.2) is 6.04 Å². The Balaban J connectivity index is 2.29. The minimum atomic E-state index is -1.30. The third-order valence-electron chi connectivity index (χ3n) is 2.72. The highest BCUT2D eigenvalue weighted by atomic mass is 16.4. The van der Waals surface area contributed by atoms with Gasteiger partial charge in [0.05, 0.1) is 0 Å². The smallest absolute Gasteiger partial charge is 0.330 e. The molecule has 0 aliphatic carbocycles. The second kappa shape index (κ2) is 5.87. The van der Waals surface area contributed by atoms with Gasteiger partial charge in [0.1, 0.15) is 5.56 Å². The van der Waals surface area contributed by atoms with Crippen molar-refractivity contribution in [3.63, 3.8) is 0 Å². The molecule has 0 fully saturated rings. The van der Waals surface area contributed by atoms with Crippen molar-refractivity contribution in [2.45, 2.75) is 6.04 Å². The first-order valence-corrected chi connectivity index (χ1v) is 5.89. The molecule has 0 spiro atoms. The number of aromatic amines is 2. The number of hydrogen-bond donors (Lipinski definition) is 4. The van der Waals surface area contributed by atoms with E-state index in [4.69, 9.17) is 0 Å². The highest BCUT2D eigenvalue weighted by molar-refractivity contribution is 5.96. The minimum absolute atomic E-state index is 0.360. The Morgan fingerprint density at radius 1 is 1.14 bits per heavy atom. The number of amides is 1. The van der Waals surface area contributed by atoms with Crippen molar-refractivity contribution in [2.24, 2.45) is 0 Å². The van der Waals surface area contributed by atoms with Gasteiger partial charge in [-0.1, -0.05) is 30.3 Å². The summed E-state index contributed by atoms with van der Waals surface area (Å²) in [5, 5.41) is 11.4. The lowest BCUT2D eigenvalue weighted by atomic mass is 10.1. The summed E-state index contributed by atoms with van der Waals surface area (Å²) in [6.45, 7) is 0. The number of aromatic nitrogens is 2. The summed E-state index contributed by atoms with van der Waals surface area (Å²) in [4.78, 5) is 49.6. The molecule has 2 rings (SSSR count). The largest absolute Gasteiger partial charge is 0.479 e. The lowest BCUT2D eigenvalue weighted by molar-refractivity contribution is -0.139. The number of rotatable bonds is 4. The van der Waals surface area contributed by atoms with Crippen LogP contribution in [0.25, 0.3) is 0 Å². The number of hydrogen-bond acceptors (Lipinski definition) is 4. The van der Waals surface area contributed by atoms with Crippen LogP contribution in [0.15, 0.2) is 46.1 Å². The standard InChI is InChI=1S/C13H11N3O5/c17-10(8-6-14-13(21)16-11(8)18)15-9(12(19)20)7-4-2-1-3-5-7/h1-6,9H,(H,15,17)(H,19,20)(H2,14,16,18,21). The molecule has 0 aliphatic rings. The lowest BCUT2D eigenvalue weighted by Crippen LogP contribution is -2.38. The maximum atomic E-state index is 11.9. The molecule has 1 heterocycles. The van der Waals surface area contributed by atoms with E-state index >= 15 is 0 Å². The van der Waals surface area contributed by atoms with Crippen LogP contribution in [0.4, 0.5) is 0 Å². The molecule has 1 atom stereocenters. The normalized spacial score (nSPS) is 11.6. The maximum Gasteiger partial charge on any atom is 0.330 e. The van der Waals surface area contributed by atoms with Crippen molar-refractivity contribution in [2.75, 3.05) is 0 Å². The van der Waals surface area contributed by atoms with E-state index in [0.717, 1.165) is 6.20 Å². The molecule has 4 N–H and O–H groups in total. The van der Waals surface area contributed by atoms with E-state index in [0.29, 0.717) is 5.56 Å². The Morgan fingerprint density at radius 2 is 1.81 bits per heavy atom. The average molecular weight is 289 g/mol. The van der Waals surface area contributed by atoms with Crippen LogP contribution in [-0.2, 0) is 4.79 Å². The molecule has 1 unspecified atom stereocenters. The third-order valence-corrected chi connectivity index (χ3v) is 2.72. The summed E-state index contributed by atoms with van der Waals surface area (Å²) in [5.74, 6) is -2.17. The molecule has 8 nitrogen and oxygen atoms in total. The summed E-state index contributed by atoms with van der Waals surface area (Å²) < 4.78 is 0. The van der Waals surface area contributed by atoms with Gasteiger partial charge < -0.3 is 15.4 Å². The zero-order valence-electron chi connectivity index (χ0n) is 10.6. The first kappa shape index (κ1) is 14.3. The number of benzene rings is 1. The number of nitrogens with one attached hydrogen (secondary N) is 3. The molecule has 1 aromatic carbocycles. The van der Waals surface area contributed by atoms with Crippen molar-refractivity contribution in [3.8, 4) is 0 Å². The number of carbonyl (C=O) groups is 2. The fraction of sp³-hybridized carbons (Fsp3) is 0.0769. The molecule has 0 aliphatic heterocycles. The van der Waals surface area contributed by atoms with E-state index in [1.54, 1.807) is 18.2 Å². The van der Waals surface area contributed by atoms with Crippen LogP contribution in [0.1, 0.15) is 22.0 Å². The van der Waals surface area contributed by atoms with E-state index < -0.39 is 29.2 Å². The number of aliphatic carboxylic acids is 1. The van der Waals surface area contributed by atoms with Crippen LogP contribution in [0.5, 0.6) is 0 Å². The van der Waals surface area contributed by atoms with Gasteiger partial charge in [-0.25, -0.2) is 9.59 Å². The summed E-state index contributed by atoms with van der Waals surface area (Å²) in [6.07, 6.45) is 0.931. The molecular formula is C13H11N3O5. The monoisotopic (exact) mass is 289 g/mol. The zero-order chi connectivity index (χ0) is 15.4. The number of carboxylic acid groups (broad SMARTS) is 1. The van der Waals surface area contributed by atoms with E-state index in [9.17, 15) is 24.3 Å². The van der Waals surface area contributed by atoms with Crippen LogP contribution in [0.2, 0.25) is 0 Å². The molecular weight excluding hydrogens is 278 g/mol. The summed E-state index contributed by atoms with van der Waals surface area (Å²) >= 11 is 0. The second-order valence-corrected chi connectivity index (χ2v) is 4.14. The fourth-order valence-electron chi connectivity index (χ4n) is 1.72. The van der Waals surface area contributed by atoms with Crippen LogP contribution in [-0.4, -0.2) is 27.0 Å². The Kier molecular flexibility index (Phi) is 3.98. The predicted molar refractivity (Wildman–Crippen MR) is 72.0 cm³/mol. The van der Waals surface area contributed by atoms with Crippen LogP contribution in [0.3, 0.4) is 0 Å². The van der Waals surface area contributed by atoms with Crippen LogP contribution < -0.4 is 16.6 Å². The van der Waals surface area contributed by atoms with Crippen molar-refractivity contribution in [3.05, 3.63) is 68.5 Å². The van der Waals surface area contributed by atoms with Gasteiger partial charge in [-0.15, -0.1) is 0 Å². The van der Waals surface area contributed by atoms with E-state index in [1.807, 2.05) is 4.98 Å². The molecule has 108 valence electrons. The van der Waals surface area contributed by atoms with Crippen LogP contribution in [0, 0.1) is 0 Å². The van der Waals surface area contributed by atoms with E-state index in [1.165, 1.54) is 12.1 Å². The van der Waals surface area contributed by atoms with Crippen molar-refractivity contribution in [1.29, 1.82) is 0 Å². The van der Waals surface area contributed by atoms with Gasteiger partial charge >= 0.3 is 11.7 Å². The van der Waals surface area contributed by atoms with Crippen molar-refractivity contribution in [1.82, 2.24) is 15.3 Å². The van der Waals surface area contributed by atoms with Crippen molar-refractivity contribution < 1.29 is 14.7 Å². The van der Waals surface area contributed by atoms with Gasteiger partial charge in [-0.05, 0) is 5.56 Å². The SMILES string of the molecule is O=C(NC(C(=O)O)c1ccccc1)c1c[nH]c(=O)[nH]c1=O. The van der Waals surface area contributed by atoms with Gasteiger partial charge in [0.25, 0.3) is 11.5 Å².